The van der Waals surface area contributed by atoms with Crippen LogP contribution in [0.1, 0.15) is 35.7 Å². The quantitative estimate of drug-likeness (QED) is 0.515. The second kappa shape index (κ2) is 9.99. The first-order valence-corrected chi connectivity index (χ1v) is 10.6. The van der Waals surface area contributed by atoms with Gasteiger partial charge in [-0.15, -0.1) is 0 Å². The van der Waals surface area contributed by atoms with Crippen molar-refractivity contribution in [1.82, 2.24) is 5.32 Å². The molecule has 1 heterocycles. The minimum atomic E-state index is -0.332. The Morgan fingerprint density at radius 3 is 2.79 bits per heavy atom. The van der Waals surface area contributed by atoms with E-state index in [0.29, 0.717) is 23.5 Å². The molecule has 28 heavy (non-hydrogen) atoms. The van der Waals surface area contributed by atoms with Crippen molar-refractivity contribution in [2.75, 3.05) is 23.4 Å². The molecule has 0 fully saturated rings. The molecule has 3 rings (SSSR count). The molecule has 0 saturated heterocycles. The number of rotatable bonds is 8. The van der Waals surface area contributed by atoms with Crippen molar-refractivity contribution in [3.63, 3.8) is 0 Å². The summed E-state index contributed by atoms with van der Waals surface area (Å²) in [6.45, 7) is 2.80. The summed E-state index contributed by atoms with van der Waals surface area (Å²) in [5.41, 5.74) is 1.88. The standard InChI is InChI=1S/C22H24N2O3S/c1-2-12-28-13-6-11-23-21(25)17-9-10-19-18(15-17)24-22(26)20(27-19)14-16-7-4-3-5-8-16/h3-5,7-10,14-15H,2,6,11-13H2,1H3,(H,23,25)(H,24,26)/b20-14-. The number of hydrogen-bond donors (Lipinski definition) is 2. The summed E-state index contributed by atoms with van der Waals surface area (Å²) in [6, 6.07) is 14.6. The molecule has 0 unspecified atom stereocenters. The molecular weight excluding hydrogens is 372 g/mol. The molecule has 2 aromatic rings. The fourth-order valence-corrected chi connectivity index (χ4v) is 3.57. The number of benzene rings is 2. The van der Waals surface area contributed by atoms with Gasteiger partial charge in [0, 0.05) is 12.1 Å². The Labute approximate surface area is 169 Å². The zero-order valence-electron chi connectivity index (χ0n) is 15.9. The molecule has 0 aliphatic carbocycles. The summed E-state index contributed by atoms with van der Waals surface area (Å²) in [5.74, 6) is 2.46. The maximum atomic E-state index is 12.3. The van der Waals surface area contributed by atoms with Gasteiger partial charge in [-0.25, -0.2) is 0 Å². The van der Waals surface area contributed by atoms with Gasteiger partial charge in [0.1, 0.15) is 0 Å². The van der Waals surface area contributed by atoms with Crippen LogP contribution in [0.5, 0.6) is 5.75 Å². The molecule has 0 saturated carbocycles. The van der Waals surface area contributed by atoms with Crippen molar-refractivity contribution < 1.29 is 14.3 Å². The maximum Gasteiger partial charge on any atom is 0.291 e. The van der Waals surface area contributed by atoms with Gasteiger partial charge in [-0.2, -0.15) is 11.8 Å². The lowest BCUT2D eigenvalue weighted by atomic mass is 10.1. The third-order valence-electron chi connectivity index (χ3n) is 4.13. The summed E-state index contributed by atoms with van der Waals surface area (Å²) < 4.78 is 5.73. The number of nitrogens with one attached hydrogen (secondary N) is 2. The van der Waals surface area contributed by atoms with Gasteiger partial charge in [0.2, 0.25) is 0 Å². The van der Waals surface area contributed by atoms with Gasteiger partial charge in [-0.05, 0) is 54.2 Å². The summed E-state index contributed by atoms with van der Waals surface area (Å²) >= 11 is 1.90. The molecule has 1 aliphatic heterocycles. The first kappa shape index (κ1) is 20.0. The van der Waals surface area contributed by atoms with E-state index >= 15 is 0 Å². The lowest BCUT2D eigenvalue weighted by molar-refractivity contribution is -0.115. The lowest BCUT2D eigenvalue weighted by Crippen LogP contribution is -2.26. The molecule has 0 bridgehead atoms. The van der Waals surface area contributed by atoms with Crippen molar-refractivity contribution in [3.05, 3.63) is 65.4 Å². The van der Waals surface area contributed by atoms with E-state index in [-0.39, 0.29) is 17.6 Å². The van der Waals surface area contributed by atoms with Crippen molar-refractivity contribution in [1.29, 1.82) is 0 Å². The number of ether oxygens (including phenoxy) is 1. The highest BCUT2D eigenvalue weighted by atomic mass is 32.2. The van der Waals surface area contributed by atoms with Gasteiger partial charge in [0.15, 0.2) is 11.5 Å². The monoisotopic (exact) mass is 396 g/mol. The molecule has 6 heteroatoms. The third-order valence-corrected chi connectivity index (χ3v) is 5.40. The highest BCUT2D eigenvalue weighted by Crippen LogP contribution is 2.32. The number of amides is 2. The van der Waals surface area contributed by atoms with E-state index in [2.05, 4.69) is 17.6 Å². The predicted octanol–water partition coefficient (Wildman–Crippen LogP) is 4.32. The summed E-state index contributed by atoms with van der Waals surface area (Å²) in [5, 5.41) is 5.72. The minimum absolute atomic E-state index is 0.150. The van der Waals surface area contributed by atoms with Crippen LogP contribution in [0.2, 0.25) is 0 Å². The van der Waals surface area contributed by atoms with Gasteiger partial charge in [-0.3, -0.25) is 9.59 Å². The van der Waals surface area contributed by atoms with Gasteiger partial charge in [0.25, 0.3) is 11.8 Å². The molecule has 5 nitrogen and oxygen atoms in total. The Balaban J connectivity index is 1.61. The zero-order valence-corrected chi connectivity index (χ0v) is 16.7. The van der Waals surface area contributed by atoms with Crippen molar-refractivity contribution in [2.45, 2.75) is 19.8 Å². The zero-order chi connectivity index (χ0) is 19.8. The smallest absolute Gasteiger partial charge is 0.291 e. The number of carbonyl (C=O) groups is 2. The molecule has 0 radical (unpaired) electrons. The maximum absolute atomic E-state index is 12.3. The fourth-order valence-electron chi connectivity index (χ4n) is 2.73. The predicted molar refractivity (Wildman–Crippen MR) is 115 cm³/mol. The Hall–Kier alpha value is -2.73. The Morgan fingerprint density at radius 2 is 2.00 bits per heavy atom. The molecule has 1 aliphatic rings. The van der Waals surface area contributed by atoms with Crippen LogP contribution >= 0.6 is 11.8 Å². The lowest BCUT2D eigenvalue weighted by Gasteiger charge is -2.20. The SMILES string of the molecule is CCCSCCCNC(=O)c1ccc2c(c1)NC(=O)/C(=C/c1ccccc1)O2. The van der Waals surface area contributed by atoms with Gasteiger partial charge in [0.05, 0.1) is 5.69 Å². The first-order valence-electron chi connectivity index (χ1n) is 9.43. The van der Waals surface area contributed by atoms with Crippen LogP contribution in [0.4, 0.5) is 5.69 Å². The van der Waals surface area contributed by atoms with E-state index in [9.17, 15) is 9.59 Å². The fraction of sp³-hybridized carbons (Fsp3) is 0.273. The summed E-state index contributed by atoms with van der Waals surface area (Å²) in [7, 11) is 0. The van der Waals surface area contributed by atoms with Crippen LogP contribution in [0.3, 0.4) is 0 Å². The van der Waals surface area contributed by atoms with Crippen molar-refractivity contribution >= 4 is 35.3 Å². The van der Waals surface area contributed by atoms with E-state index in [1.165, 1.54) is 6.42 Å². The van der Waals surface area contributed by atoms with Gasteiger partial charge >= 0.3 is 0 Å². The molecule has 0 atom stereocenters. The molecule has 146 valence electrons. The third kappa shape index (κ3) is 5.39. The van der Waals surface area contributed by atoms with E-state index in [1.807, 2.05) is 42.1 Å². The normalized spacial score (nSPS) is 14.2. The Bertz CT molecular complexity index is 865. The Morgan fingerprint density at radius 1 is 1.18 bits per heavy atom. The second-order valence-electron chi connectivity index (χ2n) is 6.41. The van der Waals surface area contributed by atoms with Crippen molar-refractivity contribution in [3.8, 4) is 5.75 Å². The minimum Gasteiger partial charge on any atom is -0.449 e. The molecule has 0 aromatic heterocycles. The molecule has 2 N–H and O–H groups in total. The second-order valence-corrected chi connectivity index (χ2v) is 7.63. The average Bonchev–Trinajstić information content (AvgIpc) is 2.71. The molecule has 2 aromatic carbocycles. The van der Waals surface area contributed by atoms with Crippen molar-refractivity contribution in [2.24, 2.45) is 0 Å². The largest absolute Gasteiger partial charge is 0.449 e. The number of anilines is 1. The summed E-state index contributed by atoms with van der Waals surface area (Å²) in [6.07, 6.45) is 3.80. The van der Waals surface area contributed by atoms with E-state index in [0.717, 1.165) is 23.5 Å². The Kier molecular flexibility index (Phi) is 7.14. The van der Waals surface area contributed by atoms with Crippen LogP contribution in [0.25, 0.3) is 6.08 Å². The van der Waals surface area contributed by atoms with E-state index < -0.39 is 0 Å². The van der Waals surface area contributed by atoms with E-state index in [1.54, 1.807) is 24.3 Å². The van der Waals surface area contributed by atoms with Crippen LogP contribution in [-0.2, 0) is 4.79 Å². The first-order chi connectivity index (χ1) is 13.7. The van der Waals surface area contributed by atoms with Crippen LogP contribution in [0, 0.1) is 0 Å². The average molecular weight is 397 g/mol. The molecule has 0 spiro atoms. The highest BCUT2D eigenvalue weighted by Gasteiger charge is 2.23. The number of hydrogen-bond acceptors (Lipinski definition) is 4. The molecule has 2 amide bonds. The van der Waals surface area contributed by atoms with E-state index in [4.69, 9.17) is 4.74 Å². The number of thioether (sulfide) groups is 1. The molecular formula is C22H24N2O3S. The van der Waals surface area contributed by atoms with Crippen LogP contribution in [-0.4, -0.2) is 29.9 Å². The van der Waals surface area contributed by atoms with Crippen LogP contribution in [0.15, 0.2) is 54.3 Å². The van der Waals surface area contributed by atoms with Gasteiger partial charge in [-0.1, -0.05) is 37.3 Å². The summed E-state index contributed by atoms with van der Waals surface area (Å²) in [4.78, 5) is 24.7. The van der Waals surface area contributed by atoms with Gasteiger partial charge < -0.3 is 15.4 Å². The highest BCUT2D eigenvalue weighted by molar-refractivity contribution is 7.99. The van der Waals surface area contributed by atoms with Crippen LogP contribution < -0.4 is 15.4 Å². The topological polar surface area (TPSA) is 67.4 Å². The number of fused-ring (bicyclic) bond motifs is 1. The number of carbonyl (C=O) groups excluding carboxylic acids is 2.